The molecule has 1 aliphatic rings. The maximum absolute atomic E-state index is 11.9. The first-order valence-corrected chi connectivity index (χ1v) is 6.40. The number of carbonyl (C=O) groups excluding carboxylic acids is 1. The number of benzene rings is 1. The van der Waals surface area contributed by atoms with Crippen molar-refractivity contribution in [1.29, 1.82) is 0 Å². The molecule has 0 bridgehead atoms. The Bertz CT molecular complexity index is 433. The average Bonchev–Trinajstić information content (AvgIpc) is 3.09. The SMILES string of the molecule is NCC(NC(=O)c1ccc(Br)cc1O)C1CC1. The highest BCUT2D eigenvalue weighted by Crippen LogP contribution is 2.32. The molecule has 0 aromatic heterocycles. The molecule has 5 heteroatoms. The largest absolute Gasteiger partial charge is 0.507 e. The molecule has 0 radical (unpaired) electrons. The van der Waals surface area contributed by atoms with Crippen molar-refractivity contribution in [3.8, 4) is 5.75 Å². The van der Waals surface area contributed by atoms with Crippen molar-refractivity contribution in [2.75, 3.05) is 6.54 Å². The van der Waals surface area contributed by atoms with Gasteiger partial charge in [0.1, 0.15) is 5.75 Å². The van der Waals surface area contributed by atoms with E-state index in [0.717, 1.165) is 17.3 Å². The first-order valence-electron chi connectivity index (χ1n) is 5.61. The number of halogens is 1. The minimum atomic E-state index is -0.266. The molecule has 4 nitrogen and oxygen atoms in total. The molecular weight excluding hydrogens is 284 g/mol. The highest BCUT2D eigenvalue weighted by molar-refractivity contribution is 9.10. The second kappa shape index (κ2) is 5.06. The smallest absolute Gasteiger partial charge is 0.255 e. The molecule has 1 fully saturated rings. The van der Waals surface area contributed by atoms with E-state index in [1.807, 2.05) is 0 Å². The Labute approximate surface area is 108 Å². The van der Waals surface area contributed by atoms with E-state index < -0.39 is 0 Å². The highest BCUT2D eigenvalue weighted by atomic mass is 79.9. The minimum Gasteiger partial charge on any atom is -0.507 e. The lowest BCUT2D eigenvalue weighted by Gasteiger charge is -2.16. The second-order valence-electron chi connectivity index (χ2n) is 4.31. The van der Waals surface area contributed by atoms with E-state index in [1.54, 1.807) is 12.1 Å². The van der Waals surface area contributed by atoms with Crippen LogP contribution in [0.5, 0.6) is 5.75 Å². The summed E-state index contributed by atoms with van der Waals surface area (Å²) in [5.74, 6) is 0.210. The van der Waals surface area contributed by atoms with Gasteiger partial charge in [0, 0.05) is 17.1 Å². The summed E-state index contributed by atoms with van der Waals surface area (Å²) in [6, 6.07) is 4.84. The number of aromatic hydroxyl groups is 1. The van der Waals surface area contributed by atoms with E-state index in [2.05, 4.69) is 21.2 Å². The zero-order valence-electron chi connectivity index (χ0n) is 9.32. The first-order chi connectivity index (χ1) is 8.11. The third-order valence-electron chi connectivity index (χ3n) is 2.97. The Kier molecular flexibility index (Phi) is 3.69. The Morgan fingerprint density at radius 3 is 2.82 bits per heavy atom. The average molecular weight is 299 g/mol. The number of carbonyl (C=O) groups is 1. The number of phenols is 1. The van der Waals surface area contributed by atoms with Crippen LogP contribution >= 0.6 is 15.9 Å². The monoisotopic (exact) mass is 298 g/mol. The third kappa shape index (κ3) is 2.98. The summed E-state index contributed by atoms with van der Waals surface area (Å²) in [7, 11) is 0. The number of hydrogen-bond acceptors (Lipinski definition) is 3. The van der Waals surface area contributed by atoms with Crippen LogP contribution in [0.25, 0.3) is 0 Å². The Hall–Kier alpha value is -1.07. The second-order valence-corrected chi connectivity index (χ2v) is 5.23. The molecule has 4 N–H and O–H groups in total. The fraction of sp³-hybridized carbons (Fsp3) is 0.417. The van der Waals surface area contributed by atoms with Gasteiger partial charge < -0.3 is 16.2 Å². The molecule has 17 heavy (non-hydrogen) atoms. The predicted molar refractivity (Wildman–Crippen MR) is 68.8 cm³/mol. The zero-order valence-corrected chi connectivity index (χ0v) is 10.9. The van der Waals surface area contributed by atoms with E-state index in [9.17, 15) is 9.90 Å². The van der Waals surface area contributed by atoms with Crippen molar-refractivity contribution in [3.63, 3.8) is 0 Å². The molecule has 1 saturated carbocycles. The molecule has 2 rings (SSSR count). The van der Waals surface area contributed by atoms with Gasteiger partial charge in [-0.15, -0.1) is 0 Å². The molecule has 1 amide bonds. The molecule has 0 spiro atoms. The summed E-state index contributed by atoms with van der Waals surface area (Å²) >= 11 is 3.23. The van der Waals surface area contributed by atoms with Gasteiger partial charge in [-0.25, -0.2) is 0 Å². The fourth-order valence-electron chi connectivity index (χ4n) is 1.81. The summed E-state index contributed by atoms with van der Waals surface area (Å²) < 4.78 is 0.740. The van der Waals surface area contributed by atoms with Crippen LogP contribution in [-0.4, -0.2) is 23.6 Å². The summed E-state index contributed by atoms with van der Waals surface area (Å²) in [5.41, 5.74) is 5.90. The number of amides is 1. The lowest BCUT2D eigenvalue weighted by molar-refractivity contribution is 0.0931. The van der Waals surface area contributed by atoms with Gasteiger partial charge in [-0.2, -0.15) is 0 Å². The number of hydrogen-bond donors (Lipinski definition) is 3. The maximum Gasteiger partial charge on any atom is 0.255 e. The van der Waals surface area contributed by atoms with Gasteiger partial charge in [0.2, 0.25) is 0 Å². The quantitative estimate of drug-likeness (QED) is 0.791. The Morgan fingerprint density at radius 1 is 1.59 bits per heavy atom. The molecule has 0 saturated heterocycles. The lowest BCUT2D eigenvalue weighted by atomic mass is 10.1. The predicted octanol–water partition coefficient (Wildman–Crippen LogP) is 1.62. The van der Waals surface area contributed by atoms with Crippen LogP contribution in [0.4, 0.5) is 0 Å². The maximum atomic E-state index is 11.9. The standard InChI is InChI=1S/C12H15BrN2O2/c13-8-3-4-9(11(16)5-8)12(17)15-10(6-14)7-1-2-7/h3-5,7,10,16H,1-2,6,14H2,(H,15,17). The summed E-state index contributed by atoms with van der Waals surface area (Å²) in [4.78, 5) is 11.9. The van der Waals surface area contributed by atoms with Crippen molar-refractivity contribution in [1.82, 2.24) is 5.32 Å². The molecule has 0 heterocycles. The Morgan fingerprint density at radius 2 is 2.29 bits per heavy atom. The molecule has 1 aliphatic carbocycles. The molecule has 0 aliphatic heterocycles. The number of nitrogens with one attached hydrogen (secondary N) is 1. The summed E-state index contributed by atoms with van der Waals surface area (Å²) in [5, 5.41) is 12.5. The fourth-order valence-corrected chi connectivity index (χ4v) is 2.16. The topological polar surface area (TPSA) is 75.3 Å². The third-order valence-corrected chi connectivity index (χ3v) is 3.46. The van der Waals surface area contributed by atoms with Gasteiger partial charge in [0.25, 0.3) is 5.91 Å². The van der Waals surface area contributed by atoms with Crippen molar-refractivity contribution < 1.29 is 9.90 Å². The summed E-state index contributed by atoms with van der Waals surface area (Å²) in [6.45, 7) is 0.438. The number of phenolic OH excluding ortho intramolecular Hbond substituents is 1. The van der Waals surface area contributed by atoms with E-state index >= 15 is 0 Å². The lowest BCUT2D eigenvalue weighted by Crippen LogP contribution is -2.41. The van der Waals surface area contributed by atoms with Crippen molar-refractivity contribution in [2.45, 2.75) is 18.9 Å². The van der Waals surface area contributed by atoms with Crippen LogP contribution in [0.3, 0.4) is 0 Å². The van der Waals surface area contributed by atoms with Crippen LogP contribution < -0.4 is 11.1 Å². The summed E-state index contributed by atoms with van der Waals surface area (Å²) in [6.07, 6.45) is 2.24. The zero-order chi connectivity index (χ0) is 12.4. The normalized spacial score (nSPS) is 16.6. The van der Waals surface area contributed by atoms with Crippen molar-refractivity contribution >= 4 is 21.8 Å². The van der Waals surface area contributed by atoms with Crippen LogP contribution in [0.1, 0.15) is 23.2 Å². The highest BCUT2D eigenvalue weighted by Gasteiger charge is 2.31. The van der Waals surface area contributed by atoms with Gasteiger partial charge in [-0.05, 0) is 37.0 Å². The van der Waals surface area contributed by atoms with Gasteiger partial charge in [-0.1, -0.05) is 15.9 Å². The molecule has 92 valence electrons. The molecule has 1 aromatic rings. The number of rotatable bonds is 4. The molecular formula is C12H15BrN2O2. The van der Waals surface area contributed by atoms with Crippen LogP contribution in [-0.2, 0) is 0 Å². The van der Waals surface area contributed by atoms with Gasteiger partial charge in [0.05, 0.1) is 5.56 Å². The van der Waals surface area contributed by atoms with Gasteiger partial charge in [0.15, 0.2) is 0 Å². The van der Waals surface area contributed by atoms with Crippen LogP contribution in [0, 0.1) is 5.92 Å². The van der Waals surface area contributed by atoms with E-state index in [-0.39, 0.29) is 23.3 Å². The molecule has 1 aromatic carbocycles. The van der Waals surface area contributed by atoms with Crippen molar-refractivity contribution in [2.24, 2.45) is 11.7 Å². The first kappa shape index (κ1) is 12.4. The number of nitrogens with two attached hydrogens (primary N) is 1. The molecule has 1 unspecified atom stereocenters. The van der Waals surface area contributed by atoms with Gasteiger partial charge in [-0.3, -0.25) is 4.79 Å². The molecule has 1 atom stereocenters. The van der Waals surface area contributed by atoms with E-state index in [4.69, 9.17) is 5.73 Å². The van der Waals surface area contributed by atoms with Gasteiger partial charge >= 0.3 is 0 Å². The van der Waals surface area contributed by atoms with Crippen molar-refractivity contribution in [3.05, 3.63) is 28.2 Å². The van der Waals surface area contributed by atoms with Crippen LogP contribution in [0.2, 0.25) is 0 Å². The van der Waals surface area contributed by atoms with Crippen LogP contribution in [0.15, 0.2) is 22.7 Å². The van der Waals surface area contributed by atoms with E-state index in [0.29, 0.717) is 12.5 Å². The Balaban J connectivity index is 2.08. The van der Waals surface area contributed by atoms with E-state index in [1.165, 1.54) is 6.07 Å². The minimum absolute atomic E-state index is 0.0190.